The van der Waals surface area contributed by atoms with Crippen LogP contribution >= 0.6 is 0 Å². The summed E-state index contributed by atoms with van der Waals surface area (Å²) in [7, 11) is -3.84. The van der Waals surface area contributed by atoms with Gasteiger partial charge in [-0.3, -0.25) is 9.59 Å². The fourth-order valence-electron chi connectivity index (χ4n) is 3.08. The summed E-state index contributed by atoms with van der Waals surface area (Å²) < 4.78 is 26.8. The van der Waals surface area contributed by atoms with Crippen LogP contribution in [0.25, 0.3) is 0 Å². The number of carbonyl (C=O) groups is 2. The quantitative estimate of drug-likeness (QED) is 0.588. The molecule has 3 rings (SSSR count). The molecule has 0 radical (unpaired) electrons. The summed E-state index contributed by atoms with van der Waals surface area (Å²) in [5, 5.41) is 1.60. The van der Waals surface area contributed by atoms with E-state index >= 15 is 0 Å². The van der Waals surface area contributed by atoms with Gasteiger partial charge in [0, 0.05) is 24.6 Å². The first-order valence-corrected chi connectivity index (χ1v) is 10.7. The molecule has 0 aliphatic rings. The maximum atomic E-state index is 13.4. The van der Waals surface area contributed by atoms with Crippen LogP contribution in [-0.2, 0) is 14.6 Å². The maximum Gasteiger partial charge on any atom is 0.221 e. The first-order valence-electron chi connectivity index (χ1n) is 9.12. The Kier molecular flexibility index (Phi) is 6.24. The number of Topliss-reactive ketones (excluding diaryl/α,β-unsaturated/α-hetero) is 1. The number of benzene rings is 3. The number of rotatable bonds is 7. The third kappa shape index (κ3) is 4.97. The van der Waals surface area contributed by atoms with Crippen molar-refractivity contribution in [1.82, 2.24) is 0 Å². The van der Waals surface area contributed by atoms with Gasteiger partial charge in [-0.05, 0) is 29.8 Å². The number of hydrogen-bond donors (Lipinski definition) is 1. The van der Waals surface area contributed by atoms with Crippen molar-refractivity contribution in [2.45, 2.75) is 23.5 Å². The summed E-state index contributed by atoms with van der Waals surface area (Å²) in [4.78, 5) is 24.0. The van der Waals surface area contributed by atoms with Crippen LogP contribution in [-0.4, -0.2) is 20.1 Å². The number of sulfone groups is 1. The third-order valence-electron chi connectivity index (χ3n) is 4.52. The highest BCUT2D eigenvalue weighted by molar-refractivity contribution is 7.91. The molecule has 6 heteroatoms. The van der Waals surface area contributed by atoms with Crippen molar-refractivity contribution >= 4 is 27.2 Å². The molecule has 0 heterocycles. The molecule has 5 nitrogen and oxygen atoms in total. The summed E-state index contributed by atoms with van der Waals surface area (Å²) in [5.74, 6) is -0.478. The Bertz CT molecular complexity index is 1090. The topological polar surface area (TPSA) is 80.3 Å². The summed E-state index contributed by atoms with van der Waals surface area (Å²) in [6.07, 6.45) is -0.163. The van der Waals surface area contributed by atoms with E-state index in [1.807, 2.05) is 0 Å². The highest BCUT2D eigenvalue weighted by Crippen LogP contribution is 2.33. The minimum atomic E-state index is -3.84. The van der Waals surface area contributed by atoms with Gasteiger partial charge >= 0.3 is 0 Å². The van der Waals surface area contributed by atoms with Crippen LogP contribution in [0.2, 0.25) is 0 Å². The molecule has 0 saturated carbocycles. The number of amides is 1. The van der Waals surface area contributed by atoms with Gasteiger partial charge < -0.3 is 5.32 Å². The highest BCUT2D eigenvalue weighted by atomic mass is 32.2. The molecule has 0 spiro atoms. The second kappa shape index (κ2) is 8.84. The van der Waals surface area contributed by atoms with Gasteiger partial charge in [-0.15, -0.1) is 0 Å². The van der Waals surface area contributed by atoms with E-state index in [0.717, 1.165) is 0 Å². The van der Waals surface area contributed by atoms with Gasteiger partial charge in [-0.1, -0.05) is 60.7 Å². The van der Waals surface area contributed by atoms with E-state index in [9.17, 15) is 18.0 Å². The predicted molar refractivity (Wildman–Crippen MR) is 113 cm³/mol. The van der Waals surface area contributed by atoms with Gasteiger partial charge in [-0.25, -0.2) is 8.42 Å². The van der Waals surface area contributed by atoms with E-state index in [0.29, 0.717) is 16.8 Å². The summed E-state index contributed by atoms with van der Waals surface area (Å²) >= 11 is 0. The van der Waals surface area contributed by atoms with Crippen LogP contribution in [0.4, 0.5) is 5.69 Å². The minimum absolute atomic E-state index is 0.0984. The molecular weight excluding hydrogens is 386 g/mol. The van der Waals surface area contributed by atoms with Crippen LogP contribution in [0, 0.1) is 0 Å². The Labute approximate surface area is 170 Å². The van der Waals surface area contributed by atoms with Crippen LogP contribution in [0.15, 0.2) is 89.8 Å². The molecule has 0 aliphatic carbocycles. The van der Waals surface area contributed by atoms with Crippen molar-refractivity contribution in [1.29, 1.82) is 0 Å². The Balaban J connectivity index is 1.96. The van der Waals surface area contributed by atoms with Gasteiger partial charge in [0.2, 0.25) is 5.91 Å². The molecule has 0 unspecified atom stereocenters. The summed E-state index contributed by atoms with van der Waals surface area (Å²) in [5.41, 5.74) is 1.54. The molecule has 29 heavy (non-hydrogen) atoms. The molecule has 3 aromatic carbocycles. The number of ketones is 1. The highest BCUT2D eigenvalue weighted by Gasteiger charge is 2.31. The SMILES string of the molecule is CC(=O)Nc1ccc(S(=O)(=O)[C@H](CC(=O)c2ccccc2)c2ccccc2)cc1. The van der Waals surface area contributed by atoms with Gasteiger partial charge in [0.1, 0.15) is 0 Å². The van der Waals surface area contributed by atoms with Crippen molar-refractivity contribution in [3.63, 3.8) is 0 Å². The Morgan fingerprint density at radius 1 is 0.828 bits per heavy atom. The van der Waals surface area contributed by atoms with Gasteiger partial charge in [0.25, 0.3) is 0 Å². The van der Waals surface area contributed by atoms with Gasteiger partial charge in [0.05, 0.1) is 10.1 Å². The van der Waals surface area contributed by atoms with Crippen molar-refractivity contribution in [3.05, 3.63) is 96.1 Å². The van der Waals surface area contributed by atoms with Crippen LogP contribution in [0.5, 0.6) is 0 Å². The zero-order chi connectivity index (χ0) is 20.9. The smallest absolute Gasteiger partial charge is 0.221 e. The lowest BCUT2D eigenvalue weighted by atomic mass is 10.0. The molecule has 0 saturated heterocycles. The molecule has 3 aromatic rings. The second-order valence-corrected chi connectivity index (χ2v) is 8.77. The third-order valence-corrected chi connectivity index (χ3v) is 6.63. The van der Waals surface area contributed by atoms with E-state index in [1.165, 1.54) is 31.2 Å². The monoisotopic (exact) mass is 407 g/mol. The lowest BCUT2D eigenvalue weighted by Crippen LogP contribution is -2.18. The molecule has 0 fully saturated rings. The van der Waals surface area contributed by atoms with E-state index < -0.39 is 15.1 Å². The van der Waals surface area contributed by atoms with Crippen LogP contribution in [0.3, 0.4) is 0 Å². The van der Waals surface area contributed by atoms with E-state index in [2.05, 4.69) is 5.32 Å². The van der Waals surface area contributed by atoms with E-state index in [4.69, 9.17) is 0 Å². The lowest BCUT2D eigenvalue weighted by molar-refractivity contribution is -0.114. The van der Waals surface area contributed by atoms with Crippen molar-refractivity contribution in [3.8, 4) is 0 Å². The Morgan fingerprint density at radius 2 is 1.38 bits per heavy atom. The zero-order valence-corrected chi connectivity index (χ0v) is 16.7. The fraction of sp³-hybridized carbons (Fsp3) is 0.130. The molecule has 1 N–H and O–H groups in total. The van der Waals surface area contributed by atoms with E-state index in [1.54, 1.807) is 60.7 Å². The summed E-state index contributed by atoms with van der Waals surface area (Å²) in [6.45, 7) is 1.38. The number of carbonyl (C=O) groups excluding carboxylic acids is 2. The average Bonchev–Trinajstić information content (AvgIpc) is 2.73. The van der Waals surface area contributed by atoms with Crippen LogP contribution in [0.1, 0.15) is 34.5 Å². The molecule has 0 aromatic heterocycles. The predicted octanol–water partition coefficient (Wildman–Crippen LogP) is 4.43. The normalized spacial score (nSPS) is 12.2. The number of hydrogen-bond acceptors (Lipinski definition) is 4. The molecule has 1 atom stereocenters. The second-order valence-electron chi connectivity index (χ2n) is 6.64. The van der Waals surface area contributed by atoms with Crippen molar-refractivity contribution < 1.29 is 18.0 Å². The molecule has 0 bridgehead atoms. The first kappa shape index (κ1) is 20.5. The molecule has 1 amide bonds. The average molecular weight is 407 g/mol. The maximum absolute atomic E-state index is 13.4. The summed E-state index contributed by atoms with van der Waals surface area (Å²) in [6, 6.07) is 23.4. The first-order chi connectivity index (χ1) is 13.9. The lowest BCUT2D eigenvalue weighted by Gasteiger charge is -2.18. The Morgan fingerprint density at radius 3 is 1.93 bits per heavy atom. The Hall–Kier alpha value is -3.25. The largest absolute Gasteiger partial charge is 0.326 e. The number of anilines is 1. The van der Waals surface area contributed by atoms with Crippen molar-refractivity contribution in [2.24, 2.45) is 0 Å². The molecule has 0 aliphatic heterocycles. The standard InChI is InChI=1S/C23H21NO4S/c1-17(25)24-20-12-14-21(15-13-20)29(27,28)23(19-10-6-3-7-11-19)16-22(26)18-8-4-2-5-9-18/h2-15,23H,16H2,1H3,(H,24,25)/t23-/m1/s1. The number of nitrogens with one attached hydrogen (secondary N) is 1. The zero-order valence-electron chi connectivity index (χ0n) is 15.9. The van der Waals surface area contributed by atoms with Gasteiger partial charge in [-0.2, -0.15) is 0 Å². The van der Waals surface area contributed by atoms with Crippen molar-refractivity contribution in [2.75, 3.05) is 5.32 Å². The fourth-order valence-corrected chi connectivity index (χ4v) is 4.81. The van der Waals surface area contributed by atoms with Gasteiger partial charge in [0.15, 0.2) is 15.6 Å². The van der Waals surface area contributed by atoms with Crippen LogP contribution < -0.4 is 5.32 Å². The minimum Gasteiger partial charge on any atom is -0.326 e. The molecular formula is C23H21NO4S. The van der Waals surface area contributed by atoms with E-state index in [-0.39, 0.29) is 23.0 Å². The molecule has 148 valence electrons.